The lowest BCUT2D eigenvalue weighted by Gasteiger charge is -2.36. The van der Waals surface area contributed by atoms with Gasteiger partial charge < -0.3 is 9.80 Å². The minimum absolute atomic E-state index is 0.161. The maximum absolute atomic E-state index is 12.5. The van der Waals surface area contributed by atoms with Gasteiger partial charge in [0.05, 0.1) is 5.69 Å². The molecule has 0 bridgehead atoms. The third-order valence-electron chi connectivity index (χ3n) is 5.56. The van der Waals surface area contributed by atoms with E-state index < -0.39 is 0 Å². The van der Waals surface area contributed by atoms with Gasteiger partial charge in [0.25, 0.3) is 0 Å². The second-order valence-corrected chi connectivity index (χ2v) is 7.42. The highest BCUT2D eigenvalue weighted by molar-refractivity contribution is 5.79. The average Bonchev–Trinajstić information content (AvgIpc) is 2.69. The molecule has 2 heterocycles. The van der Waals surface area contributed by atoms with E-state index in [4.69, 9.17) is 0 Å². The van der Waals surface area contributed by atoms with Gasteiger partial charge in [-0.05, 0) is 44.4 Å². The molecule has 1 aliphatic heterocycles. The molecular weight excluding hydrogens is 336 g/mol. The van der Waals surface area contributed by atoms with Crippen molar-refractivity contribution in [2.24, 2.45) is 5.92 Å². The number of aromatic nitrogens is 2. The molecule has 0 unspecified atom stereocenters. The zero-order chi connectivity index (χ0) is 19.4. The fourth-order valence-corrected chi connectivity index (χ4v) is 3.79. The summed E-state index contributed by atoms with van der Waals surface area (Å²) in [7, 11) is 0. The van der Waals surface area contributed by atoms with E-state index in [1.807, 2.05) is 17.0 Å². The molecule has 1 fully saturated rings. The van der Waals surface area contributed by atoms with Crippen LogP contribution in [-0.4, -0.2) is 47.2 Å². The SMILES string of the molecule is CCC(CC)C(=O)N1CCN(c2ccc(-c3ccc(C)cc3C)nn2)CC1. The molecule has 27 heavy (non-hydrogen) atoms. The van der Waals surface area contributed by atoms with Crippen molar-refractivity contribution >= 4 is 11.7 Å². The van der Waals surface area contributed by atoms with E-state index >= 15 is 0 Å². The minimum atomic E-state index is 0.161. The van der Waals surface area contributed by atoms with Crippen molar-refractivity contribution in [1.29, 1.82) is 0 Å². The summed E-state index contributed by atoms with van der Waals surface area (Å²) in [5, 5.41) is 8.90. The number of amides is 1. The highest BCUT2D eigenvalue weighted by atomic mass is 16.2. The van der Waals surface area contributed by atoms with Crippen LogP contribution in [0.2, 0.25) is 0 Å². The Balaban J connectivity index is 1.64. The Kier molecular flexibility index (Phi) is 6.09. The monoisotopic (exact) mass is 366 g/mol. The number of rotatable bonds is 5. The van der Waals surface area contributed by atoms with Crippen LogP contribution in [0.4, 0.5) is 5.82 Å². The summed E-state index contributed by atoms with van der Waals surface area (Å²) in [6.07, 6.45) is 1.84. The lowest BCUT2D eigenvalue weighted by Crippen LogP contribution is -2.50. The van der Waals surface area contributed by atoms with Crippen LogP contribution in [0, 0.1) is 19.8 Å². The van der Waals surface area contributed by atoms with Gasteiger partial charge in [-0.15, -0.1) is 10.2 Å². The highest BCUT2D eigenvalue weighted by Crippen LogP contribution is 2.24. The second-order valence-electron chi connectivity index (χ2n) is 7.42. The van der Waals surface area contributed by atoms with Crippen LogP contribution < -0.4 is 4.90 Å². The van der Waals surface area contributed by atoms with Gasteiger partial charge in [-0.3, -0.25) is 4.79 Å². The van der Waals surface area contributed by atoms with E-state index in [0.29, 0.717) is 5.91 Å². The number of aryl methyl sites for hydroxylation is 2. The molecule has 0 saturated carbocycles. The smallest absolute Gasteiger partial charge is 0.225 e. The fourth-order valence-electron chi connectivity index (χ4n) is 3.79. The van der Waals surface area contributed by atoms with Gasteiger partial charge in [-0.1, -0.05) is 37.6 Å². The minimum Gasteiger partial charge on any atom is -0.352 e. The summed E-state index contributed by atoms with van der Waals surface area (Å²) in [6, 6.07) is 10.5. The van der Waals surface area contributed by atoms with Gasteiger partial charge in [0.15, 0.2) is 5.82 Å². The Bertz CT molecular complexity index is 775. The quantitative estimate of drug-likeness (QED) is 0.807. The number of carbonyl (C=O) groups is 1. The number of benzene rings is 1. The van der Waals surface area contributed by atoms with Crippen LogP contribution in [0.25, 0.3) is 11.3 Å². The first kappa shape index (κ1) is 19.3. The summed E-state index contributed by atoms with van der Waals surface area (Å²) < 4.78 is 0. The Morgan fingerprint density at radius 1 is 1.00 bits per heavy atom. The first-order chi connectivity index (χ1) is 13.0. The van der Waals surface area contributed by atoms with Gasteiger partial charge in [0, 0.05) is 37.7 Å². The summed E-state index contributed by atoms with van der Waals surface area (Å²) in [4.78, 5) is 16.8. The highest BCUT2D eigenvalue weighted by Gasteiger charge is 2.26. The van der Waals surface area contributed by atoms with Crippen molar-refractivity contribution in [3.63, 3.8) is 0 Å². The number of carbonyl (C=O) groups excluding carboxylic acids is 1. The van der Waals surface area contributed by atoms with E-state index in [0.717, 1.165) is 56.1 Å². The molecule has 1 amide bonds. The maximum atomic E-state index is 12.5. The molecule has 1 aliphatic rings. The van der Waals surface area contributed by atoms with E-state index in [9.17, 15) is 4.79 Å². The molecule has 144 valence electrons. The van der Waals surface area contributed by atoms with Crippen LogP contribution in [0.5, 0.6) is 0 Å². The molecule has 5 heteroatoms. The molecule has 0 radical (unpaired) electrons. The molecule has 2 aromatic rings. The third-order valence-corrected chi connectivity index (χ3v) is 5.56. The Morgan fingerprint density at radius 3 is 2.26 bits per heavy atom. The van der Waals surface area contributed by atoms with Gasteiger partial charge in [-0.2, -0.15) is 0 Å². The molecule has 1 saturated heterocycles. The molecule has 0 N–H and O–H groups in total. The number of hydrogen-bond donors (Lipinski definition) is 0. The van der Waals surface area contributed by atoms with Gasteiger partial charge >= 0.3 is 0 Å². The standard InChI is InChI=1S/C22H30N4O/c1-5-18(6-2)22(27)26-13-11-25(12-14-26)21-10-9-20(23-24-21)19-8-7-16(3)15-17(19)4/h7-10,15,18H,5-6,11-14H2,1-4H3. The van der Waals surface area contributed by atoms with Crippen LogP contribution in [0.1, 0.15) is 37.8 Å². The lowest BCUT2D eigenvalue weighted by atomic mass is 10.0. The molecule has 0 atom stereocenters. The molecule has 1 aromatic carbocycles. The van der Waals surface area contributed by atoms with Crippen LogP contribution >= 0.6 is 0 Å². The number of piperazine rings is 1. The molecule has 0 spiro atoms. The van der Waals surface area contributed by atoms with Gasteiger partial charge in [0.1, 0.15) is 0 Å². The topological polar surface area (TPSA) is 49.3 Å². The molecule has 0 aliphatic carbocycles. The predicted octanol–water partition coefficient (Wildman–Crippen LogP) is 3.85. The van der Waals surface area contributed by atoms with Crippen LogP contribution in [0.15, 0.2) is 30.3 Å². The summed E-state index contributed by atoms with van der Waals surface area (Å²) in [5.74, 6) is 1.35. The largest absolute Gasteiger partial charge is 0.352 e. The van der Waals surface area contributed by atoms with Crippen LogP contribution in [-0.2, 0) is 4.79 Å². The second kappa shape index (κ2) is 8.51. The van der Waals surface area contributed by atoms with Crippen molar-refractivity contribution in [3.05, 3.63) is 41.5 Å². The maximum Gasteiger partial charge on any atom is 0.225 e. The van der Waals surface area contributed by atoms with Crippen molar-refractivity contribution < 1.29 is 4.79 Å². The molecule has 3 rings (SSSR count). The fraction of sp³-hybridized carbons (Fsp3) is 0.500. The van der Waals surface area contributed by atoms with Crippen molar-refractivity contribution in [1.82, 2.24) is 15.1 Å². The number of nitrogens with zero attached hydrogens (tertiary/aromatic N) is 4. The van der Waals surface area contributed by atoms with Gasteiger partial charge in [-0.25, -0.2) is 0 Å². The first-order valence-electron chi connectivity index (χ1n) is 9.98. The summed E-state index contributed by atoms with van der Waals surface area (Å²) >= 11 is 0. The number of hydrogen-bond acceptors (Lipinski definition) is 4. The summed E-state index contributed by atoms with van der Waals surface area (Å²) in [5.41, 5.74) is 4.49. The molecular formula is C22H30N4O. The average molecular weight is 367 g/mol. The van der Waals surface area contributed by atoms with Crippen molar-refractivity contribution in [2.75, 3.05) is 31.1 Å². The Hall–Kier alpha value is -2.43. The van der Waals surface area contributed by atoms with E-state index in [2.05, 4.69) is 61.0 Å². The van der Waals surface area contributed by atoms with E-state index in [-0.39, 0.29) is 5.92 Å². The predicted molar refractivity (Wildman–Crippen MR) is 110 cm³/mol. The zero-order valence-electron chi connectivity index (χ0n) is 16.9. The number of anilines is 1. The van der Waals surface area contributed by atoms with Crippen molar-refractivity contribution in [2.45, 2.75) is 40.5 Å². The van der Waals surface area contributed by atoms with Gasteiger partial charge in [0.2, 0.25) is 5.91 Å². The van der Waals surface area contributed by atoms with Crippen LogP contribution in [0.3, 0.4) is 0 Å². The van der Waals surface area contributed by atoms with Crippen molar-refractivity contribution in [3.8, 4) is 11.3 Å². The zero-order valence-corrected chi connectivity index (χ0v) is 16.9. The van der Waals surface area contributed by atoms with E-state index in [1.54, 1.807) is 0 Å². The normalized spacial score (nSPS) is 14.7. The molecule has 5 nitrogen and oxygen atoms in total. The Morgan fingerprint density at radius 2 is 1.70 bits per heavy atom. The summed E-state index contributed by atoms with van der Waals surface area (Å²) in [6.45, 7) is 11.5. The lowest BCUT2D eigenvalue weighted by molar-refractivity contribution is -0.136. The first-order valence-corrected chi connectivity index (χ1v) is 9.98. The third kappa shape index (κ3) is 4.29. The van der Waals surface area contributed by atoms with E-state index in [1.165, 1.54) is 11.1 Å². The Labute approximate surface area is 162 Å². The molecule has 1 aromatic heterocycles.